The Morgan fingerprint density at radius 2 is 2.07 bits per heavy atom. The lowest BCUT2D eigenvalue weighted by Crippen LogP contribution is -2.45. The summed E-state index contributed by atoms with van der Waals surface area (Å²) in [5, 5.41) is 10.6. The van der Waals surface area contributed by atoms with Crippen LogP contribution in [-0.4, -0.2) is 49.6 Å². The second-order valence-corrected chi connectivity index (χ2v) is 3.10. The minimum Gasteiger partial charge on any atom is -0.378 e. The summed E-state index contributed by atoms with van der Waals surface area (Å²) in [5.74, 6) is -0.552. The van der Waals surface area contributed by atoms with Crippen molar-refractivity contribution in [2.75, 3.05) is 32.8 Å². The predicted molar refractivity (Wildman–Crippen MR) is 50.6 cm³/mol. The van der Waals surface area contributed by atoms with Crippen molar-refractivity contribution in [1.29, 1.82) is 5.26 Å². The number of amides is 2. The van der Waals surface area contributed by atoms with Crippen LogP contribution in [-0.2, 0) is 14.3 Å². The minimum absolute atomic E-state index is 0.0412. The number of nitriles is 1. The number of rotatable bonds is 3. The lowest BCUT2D eigenvalue weighted by Gasteiger charge is -2.26. The Bertz CT molecular complexity index is 279. The largest absolute Gasteiger partial charge is 0.378 e. The second-order valence-electron chi connectivity index (χ2n) is 3.10. The highest BCUT2D eigenvalue weighted by molar-refractivity contribution is 5.85. The zero-order valence-electron chi connectivity index (χ0n) is 8.36. The van der Waals surface area contributed by atoms with E-state index in [2.05, 4.69) is 5.32 Å². The average Bonchev–Trinajstić information content (AvgIpc) is 2.27. The van der Waals surface area contributed by atoms with Crippen LogP contribution in [0.25, 0.3) is 0 Å². The number of carbonyl (C=O) groups is 2. The molecule has 0 radical (unpaired) electrons. The van der Waals surface area contributed by atoms with Gasteiger partial charge in [-0.1, -0.05) is 0 Å². The first kappa shape index (κ1) is 11.5. The van der Waals surface area contributed by atoms with Gasteiger partial charge < -0.3 is 15.0 Å². The van der Waals surface area contributed by atoms with E-state index in [1.54, 1.807) is 11.0 Å². The van der Waals surface area contributed by atoms with Gasteiger partial charge in [0.05, 0.1) is 25.8 Å². The van der Waals surface area contributed by atoms with E-state index in [9.17, 15) is 9.59 Å². The number of hydrogen-bond donors (Lipinski definition) is 1. The van der Waals surface area contributed by atoms with Crippen molar-refractivity contribution in [3.05, 3.63) is 0 Å². The molecular formula is C9H13N3O3. The molecule has 0 bridgehead atoms. The van der Waals surface area contributed by atoms with Gasteiger partial charge in [0.2, 0.25) is 11.8 Å². The van der Waals surface area contributed by atoms with Crippen LogP contribution in [0.3, 0.4) is 0 Å². The van der Waals surface area contributed by atoms with E-state index in [1.807, 2.05) is 0 Å². The summed E-state index contributed by atoms with van der Waals surface area (Å²) in [6.07, 6.45) is -0.212. The molecule has 1 rings (SSSR count). The highest BCUT2D eigenvalue weighted by Gasteiger charge is 2.16. The SMILES string of the molecule is N#CCC(=O)NCC(=O)N1CCOCC1. The third kappa shape index (κ3) is 3.95. The van der Waals surface area contributed by atoms with Crippen molar-refractivity contribution in [3.8, 4) is 6.07 Å². The van der Waals surface area contributed by atoms with E-state index in [0.717, 1.165) is 0 Å². The van der Waals surface area contributed by atoms with Gasteiger partial charge in [-0.3, -0.25) is 9.59 Å². The first-order chi connectivity index (χ1) is 7.24. The molecule has 0 aromatic heterocycles. The molecule has 1 aliphatic heterocycles. The second kappa shape index (κ2) is 5.98. The number of nitrogens with zero attached hydrogens (tertiary/aromatic N) is 2. The summed E-state index contributed by atoms with van der Waals surface area (Å²) >= 11 is 0. The topological polar surface area (TPSA) is 82.4 Å². The number of carbonyl (C=O) groups excluding carboxylic acids is 2. The van der Waals surface area contributed by atoms with Gasteiger partial charge in [0.25, 0.3) is 0 Å². The molecule has 0 saturated carbocycles. The fourth-order valence-corrected chi connectivity index (χ4v) is 1.23. The molecule has 82 valence electrons. The summed E-state index contributed by atoms with van der Waals surface area (Å²) in [6, 6.07) is 1.71. The fourth-order valence-electron chi connectivity index (χ4n) is 1.23. The summed E-state index contributed by atoms with van der Waals surface area (Å²) < 4.78 is 5.09. The van der Waals surface area contributed by atoms with Crippen LogP contribution in [0.2, 0.25) is 0 Å². The fraction of sp³-hybridized carbons (Fsp3) is 0.667. The molecule has 1 fully saturated rings. The Balaban J connectivity index is 2.23. The van der Waals surface area contributed by atoms with E-state index in [-0.39, 0.29) is 18.9 Å². The van der Waals surface area contributed by atoms with Crippen LogP contribution in [0.1, 0.15) is 6.42 Å². The molecule has 1 saturated heterocycles. The highest BCUT2D eigenvalue weighted by atomic mass is 16.5. The average molecular weight is 211 g/mol. The molecule has 1 aliphatic rings. The van der Waals surface area contributed by atoms with Crippen LogP contribution in [0.5, 0.6) is 0 Å². The van der Waals surface area contributed by atoms with Crippen LogP contribution < -0.4 is 5.32 Å². The third-order valence-corrected chi connectivity index (χ3v) is 2.04. The predicted octanol–water partition coefficient (Wildman–Crippen LogP) is -1.12. The van der Waals surface area contributed by atoms with Gasteiger partial charge in [0.15, 0.2) is 0 Å². The first-order valence-corrected chi connectivity index (χ1v) is 4.73. The van der Waals surface area contributed by atoms with Crippen molar-refractivity contribution in [1.82, 2.24) is 10.2 Å². The lowest BCUT2D eigenvalue weighted by atomic mass is 10.4. The van der Waals surface area contributed by atoms with Crippen molar-refractivity contribution in [2.45, 2.75) is 6.42 Å². The Labute approximate surface area is 87.8 Å². The van der Waals surface area contributed by atoms with Crippen molar-refractivity contribution >= 4 is 11.8 Å². The molecular weight excluding hydrogens is 198 g/mol. The van der Waals surface area contributed by atoms with Gasteiger partial charge in [0.1, 0.15) is 6.42 Å². The van der Waals surface area contributed by atoms with Gasteiger partial charge in [-0.2, -0.15) is 5.26 Å². The molecule has 0 atom stereocenters. The molecule has 2 amide bonds. The first-order valence-electron chi connectivity index (χ1n) is 4.73. The maximum absolute atomic E-state index is 11.5. The van der Waals surface area contributed by atoms with Gasteiger partial charge in [-0.15, -0.1) is 0 Å². The zero-order valence-corrected chi connectivity index (χ0v) is 8.36. The van der Waals surface area contributed by atoms with Crippen molar-refractivity contribution in [2.24, 2.45) is 0 Å². The van der Waals surface area contributed by atoms with Crippen molar-refractivity contribution < 1.29 is 14.3 Å². The number of morpholine rings is 1. The molecule has 0 aromatic rings. The summed E-state index contributed by atoms with van der Waals surface area (Å²) in [7, 11) is 0. The Hall–Kier alpha value is -1.61. The van der Waals surface area contributed by atoms with E-state index in [0.29, 0.717) is 26.3 Å². The van der Waals surface area contributed by atoms with Crippen LogP contribution in [0, 0.1) is 11.3 Å². The molecule has 15 heavy (non-hydrogen) atoms. The maximum Gasteiger partial charge on any atom is 0.242 e. The van der Waals surface area contributed by atoms with Gasteiger partial charge in [0, 0.05) is 13.1 Å². The minimum atomic E-state index is -0.417. The van der Waals surface area contributed by atoms with E-state index < -0.39 is 5.91 Å². The smallest absolute Gasteiger partial charge is 0.242 e. The van der Waals surface area contributed by atoms with Crippen molar-refractivity contribution in [3.63, 3.8) is 0 Å². The Morgan fingerprint density at radius 3 is 2.67 bits per heavy atom. The third-order valence-electron chi connectivity index (χ3n) is 2.04. The molecule has 1 N–H and O–H groups in total. The molecule has 6 nitrogen and oxygen atoms in total. The van der Waals surface area contributed by atoms with Gasteiger partial charge in [-0.05, 0) is 0 Å². The van der Waals surface area contributed by atoms with E-state index >= 15 is 0 Å². The molecule has 1 heterocycles. The highest BCUT2D eigenvalue weighted by Crippen LogP contribution is 1.96. The van der Waals surface area contributed by atoms with Crippen LogP contribution in [0.15, 0.2) is 0 Å². The monoisotopic (exact) mass is 211 g/mol. The standard InChI is InChI=1S/C9H13N3O3/c10-2-1-8(13)11-7-9(14)12-3-5-15-6-4-12/h1,3-7H2,(H,11,13). The maximum atomic E-state index is 11.5. The lowest BCUT2D eigenvalue weighted by molar-refractivity contribution is -0.136. The zero-order chi connectivity index (χ0) is 11.1. The van der Waals surface area contributed by atoms with Crippen LogP contribution >= 0.6 is 0 Å². The molecule has 0 aromatic carbocycles. The number of hydrogen-bond acceptors (Lipinski definition) is 4. The normalized spacial score (nSPS) is 15.5. The molecule has 0 aliphatic carbocycles. The molecule has 0 unspecified atom stereocenters. The molecule has 0 spiro atoms. The van der Waals surface area contributed by atoms with E-state index in [1.165, 1.54) is 0 Å². The van der Waals surface area contributed by atoms with Crippen LogP contribution in [0.4, 0.5) is 0 Å². The van der Waals surface area contributed by atoms with E-state index in [4.69, 9.17) is 10.00 Å². The summed E-state index contributed by atoms with van der Waals surface area (Å²) in [5.41, 5.74) is 0. The Kier molecular flexibility index (Phi) is 4.57. The molecule has 6 heteroatoms. The summed E-state index contributed by atoms with van der Waals surface area (Å²) in [6.45, 7) is 2.16. The Morgan fingerprint density at radius 1 is 1.40 bits per heavy atom. The quantitative estimate of drug-likeness (QED) is 0.640. The number of nitrogens with one attached hydrogen (secondary N) is 1. The summed E-state index contributed by atoms with van der Waals surface area (Å²) in [4.78, 5) is 24.0. The van der Waals surface area contributed by atoms with Gasteiger partial charge >= 0.3 is 0 Å². The number of ether oxygens (including phenoxy) is 1. The van der Waals surface area contributed by atoms with Gasteiger partial charge in [-0.25, -0.2) is 0 Å².